The van der Waals surface area contributed by atoms with Crippen molar-refractivity contribution in [3.8, 4) is 0 Å². The average molecular weight is 265 g/mol. The van der Waals surface area contributed by atoms with Crippen LogP contribution in [-0.2, 0) is 5.60 Å². The Bertz CT molecular complexity index is 415. The lowest BCUT2D eigenvalue weighted by Crippen LogP contribution is -2.43. The van der Waals surface area contributed by atoms with Crippen molar-refractivity contribution in [1.29, 1.82) is 0 Å². The van der Waals surface area contributed by atoms with Gasteiger partial charge in [-0.05, 0) is 61.6 Å². The van der Waals surface area contributed by atoms with Gasteiger partial charge in [0.15, 0.2) is 0 Å². The molecule has 3 fully saturated rings. The van der Waals surface area contributed by atoms with Crippen LogP contribution in [0.25, 0.3) is 0 Å². The van der Waals surface area contributed by atoms with Crippen molar-refractivity contribution in [2.24, 2.45) is 17.8 Å². The molecule has 2 unspecified atom stereocenters. The molecular formula is C16H21ClO. The van der Waals surface area contributed by atoms with E-state index in [0.29, 0.717) is 11.8 Å². The molecule has 0 radical (unpaired) electrons. The van der Waals surface area contributed by atoms with E-state index >= 15 is 0 Å². The van der Waals surface area contributed by atoms with E-state index in [4.69, 9.17) is 11.6 Å². The minimum Gasteiger partial charge on any atom is -0.385 e. The number of fused-ring (bicyclic) bond motifs is 3. The minimum atomic E-state index is -0.700. The van der Waals surface area contributed by atoms with Gasteiger partial charge in [0.25, 0.3) is 0 Å². The quantitative estimate of drug-likeness (QED) is 0.841. The predicted octanol–water partition coefficient (Wildman–Crippen LogP) is 4.37. The maximum absolute atomic E-state index is 11.0. The summed E-state index contributed by atoms with van der Waals surface area (Å²) in [4.78, 5) is 0. The molecule has 18 heavy (non-hydrogen) atoms. The fourth-order valence-corrected chi connectivity index (χ4v) is 4.19. The molecule has 2 heteroatoms. The molecule has 2 bridgehead atoms. The van der Waals surface area contributed by atoms with Crippen LogP contribution in [0.5, 0.6) is 0 Å². The fourth-order valence-electron chi connectivity index (χ4n) is 4.07. The van der Waals surface area contributed by atoms with E-state index < -0.39 is 5.60 Å². The first-order valence-electron chi connectivity index (χ1n) is 7.06. The second kappa shape index (κ2) is 4.54. The second-order valence-corrected chi connectivity index (χ2v) is 6.71. The van der Waals surface area contributed by atoms with Crippen LogP contribution in [0.2, 0.25) is 5.02 Å². The molecule has 1 N–H and O–H groups in total. The Morgan fingerprint density at radius 1 is 1.11 bits per heavy atom. The number of hydrogen-bond donors (Lipinski definition) is 1. The van der Waals surface area contributed by atoms with E-state index in [1.54, 1.807) is 0 Å². The van der Waals surface area contributed by atoms with Gasteiger partial charge in [0, 0.05) is 5.02 Å². The van der Waals surface area contributed by atoms with Crippen molar-refractivity contribution in [3.63, 3.8) is 0 Å². The molecule has 3 aliphatic carbocycles. The Labute approximate surface area is 114 Å². The molecular weight excluding hydrogens is 244 g/mol. The Hall–Kier alpha value is -0.530. The molecule has 1 nitrogen and oxygen atoms in total. The third-order valence-corrected chi connectivity index (χ3v) is 5.45. The molecule has 4 rings (SSSR count). The molecule has 3 aliphatic rings. The van der Waals surface area contributed by atoms with Crippen molar-refractivity contribution < 1.29 is 5.11 Å². The molecule has 0 saturated heterocycles. The number of aliphatic hydroxyl groups is 1. The van der Waals surface area contributed by atoms with E-state index in [1.807, 2.05) is 31.2 Å². The molecule has 1 aromatic carbocycles. The highest BCUT2D eigenvalue weighted by molar-refractivity contribution is 6.30. The number of halogens is 1. The standard InChI is InChI=1S/C16H21ClO/c1-16(18,13-6-8-14(17)9-7-13)15-10-11-2-4-12(15)5-3-11/h6-9,11-12,15,18H,2-5,10H2,1H3. The smallest absolute Gasteiger partial charge is 0.0899 e. The highest BCUT2D eigenvalue weighted by atomic mass is 35.5. The summed E-state index contributed by atoms with van der Waals surface area (Å²) in [6, 6.07) is 7.72. The maximum atomic E-state index is 11.0. The second-order valence-electron chi connectivity index (χ2n) is 6.28. The van der Waals surface area contributed by atoms with E-state index in [0.717, 1.165) is 16.5 Å². The van der Waals surface area contributed by atoms with Crippen LogP contribution >= 0.6 is 11.6 Å². The largest absolute Gasteiger partial charge is 0.385 e. The van der Waals surface area contributed by atoms with Crippen LogP contribution in [0.15, 0.2) is 24.3 Å². The number of rotatable bonds is 2. The van der Waals surface area contributed by atoms with Crippen LogP contribution < -0.4 is 0 Å². The van der Waals surface area contributed by atoms with Crippen molar-refractivity contribution >= 4 is 11.6 Å². The molecule has 0 heterocycles. The summed E-state index contributed by atoms with van der Waals surface area (Å²) < 4.78 is 0. The monoisotopic (exact) mass is 264 g/mol. The molecule has 1 aromatic rings. The zero-order chi connectivity index (χ0) is 12.8. The van der Waals surface area contributed by atoms with Gasteiger partial charge in [0.2, 0.25) is 0 Å². The van der Waals surface area contributed by atoms with E-state index in [-0.39, 0.29) is 0 Å². The van der Waals surface area contributed by atoms with Gasteiger partial charge < -0.3 is 5.11 Å². The van der Waals surface area contributed by atoms with Crippen LogP contribution in [0.1, 0.15) is 44.6 Å². The lowest BCUT2D eigenvalue weighted by atomic mass is 9.59. The van der Waals surface area contributed by atoms with Crippen molar-refractivity contribution in [2.45, 2.75) is 44.6 Å². The van der Waals surface area contributed by atoms with Crippen molar-refractivity contribution in [3.05, 3.63) is 34.9 Å². The zero-order valence-electron chi connectivity index (χ0n) is 10.9. The molecule has 0 spiro atoms. The van der Waals surface area contributed by atoms with E-state index in [2.05, 4.69) is 0 Å². The van der Waals surface area contributed by atoms with Gasteiger partial charge in [0.1, 0.15) is 0 Å². The lowest BCUT2D eigenvalue weighted by molar-refractivity contribution is -0.0791. The van der Waals surface area contributed by atoms with Crippen LogP contribution in [0, 0.1) is 17.8 Å². The molecule has 2 atom stereocenters. The highest BCUT2D eigenvalue weighted by Gasteiger charge is 2.45. The molecule has 0 aromatic heterocycles. The summed E-state index contributed by atoms with van der Waals surface area (Å²) in [5.41, 5.74) is 0.318. The molecule has 3 saturated carbocycles. The van der Waals surface area contributed by atoms with Crippen LogP contribution in [0.3, 0.4) is 0 Å². The van der Waals surface area contributed by atoms with E-state index in [9.17, 15) is 5.11 Å². The SMILES string of the molecule is CC(O)(c1ccc(Cl)cc1)C1CC2CCC1CC2. The van der Waals surface area contributed by atoms with E-state index in [1.165, 1.54) is 32.1 Å². The Balaban J connectivity index is 1.87. The van der Waals surface area contributed by atoms with Gasteiger partial charge in [-0.25, -0.2) is 0 Å². The van der Waals surface area contributed by atoms with Gasteiger partial charge in [-0.3, -0.25) is 0 Å². The van der Waals surface area contributed by atoms with Crippen molar-refractivity contribution in [1.82, 2.24) is 0 Å². The summed E-state index contributed by atoms with van der Waals surface area (Å²) in [5, 5.41) is 11.7. The van der Waals surface area contributed by atoms with Gasteiger partial charge in [0.05, 0.1) is 5.60 Å². The molecule has 98 valence electrons. The fraction of sp³-hybridized carbons (Fsp3) is 0.625. The van der Waals surface area contributed by atoms with Gasteiger partial charge in [-0.2, -0.15) is 0 Å². The predicted molar refractivity (Wildman–Crippen MR) is 74.6 cm³/mol. The maximum Gasteiger partial charge on any atom is 0.0899 e. The molecule has 0 amide bonds. The first kappa shape index (κ1) is 12.5. The summed E-state index contributed by atoms with van der Waals surface area (Å²) in [7, 11) is 0. The highest BCUT2D eigenvalue weighted by Crippen LogP contribution is 2.51. The summed E-state index contributed by atoms with van der Waals surface area (Å²) in [6.07, 6.45) is 6.55. The Kier molecular flexibility index (Phi) is 3.15. The third kappa shape index (κ3) is 2.08. The summed E-state index contributed by atoms with van der Waals surface area (Å²) in [6.45, 7) is 1.99. The zero-order valence-corrected chi connectivity index (χ0v) is 11.7. The Morgan fingerprint density at radius 2 is 1.72 bits per heavy atom. The first-order chi connectivity index (χ1) is 8.57. The number of benzene rings is 1. The topological polar surface area (TPSA) is 20.2 Å². The number of hydrogen-bond acceptors (Lipinski definition) is 1. The molecule has 0 aliphatic heterocycles. The first-order valence-corrected chi connectivity index (χ1v) is 7.43. The normalized spacial score (nSPS) is 34.3. The van der Waals surface area contributed by atoms with Crippen LogP contribution in [-0.4, -0.2) is 5.11 Å². The summed E-state index contributed by atoms with van der Waals surface area (Å²) >= 11 is 5.93. The van der Waals surface area contributed by atoms with Crippen LogP contribution in [0.4, 0.5) is 0 Å². The van der Waals surface area contributed by atoms with Gasteiger partial charge in [-0.1, -0.05) is 36.6 Å². The Morgan fingerprint density at radius 3 is 2.22 bits per heavy atom. The van der Waals surface area contributed by atoms with Gasteiger partial charge in [-0.15, -0.1) is 0 Å². The van der Waals surface area contributed by atoms with Crippen molar-refractivity contribution in [2.75, 3.05) is 0 Å². The lowest BCUT2D eigenvalue weighted by Gasteiger charge is -2.48. The average Bonchev–Trinajstić information content (AvgIpc) is 2.40. The van der Waals surface area contributed by atoms with Gasteiger partial charge >= 0.3 is 0 Å². The third-order valence-electron chi connectivity index (χ3n) is 5.20. The summed E-state index contributed by atoms with van der Waals surface area (Å²) in [5.74, 6) is 1.98. The minimum absolute atomic E-state index is 0.422.